The van der Waals surface area contributed by atoms with Crippen molar-refractivity contribution < 1.29 is 32.9 Å². The van der Waals surface area contributed by atoms with E-state index in [1.165, 1.54) is 37.4 Å². The standard InChI is InChI=1S/C31H43N5O7Si/c1-20-19-21-9-7-18-44(5,6)27(21)26(38-2)25(20)43-23-11-10-22(42-23)28(37)33-24-29(39-3)34-31(35-30(24)40-4)32-12-8-13-36-14-16-41-17-15-36/h10-11,19H,7-9,12-18H2,1-6H3,(H,33,37)(H,32,34,35). The zero-order valence-corrected chi connectivity index (χ0v) is 27.5. The van der Waals surface area contributed by atoms with Crippen LogP contribution in [0.5, 0.6) is 29.2 Å². The second kappa shape index (κ2) is 13.9. The van der Waals surface area contributed by atoms with E-state index < -0.39 is 14.0 Å². The number of hydrogen-bond acceptors (Lipinski definition) is 11. The fraction of sp³-hybridized carbons (Fsp3) is 0.516. The number of morpholine rings is 1. The number of benzene rings is 1. The van der Waals surface area contributed by atoms with Gasteiger partial charge in [0.25, 0.3) is 11.9 Å². The first-order valence-corrected chi connectivity index (χ1v) is 18.3. The SMILES string of the molecule is COc1nc(NCCCN2CCOCC2)nc(OC)c1NC(=O)c1ccc(Oc2c(C)cc3c(c2OC)[Si](C)(C)CCC3)o1. The van der Waals surface area contributed by atoms with Crippen LogP contribution in [0.25, 0.3) is 0 Å². The lowest BCUT2D eigenvalue weighted by atomic mass is 10.0. The van der Waals surface area contributed by atoms with Gasteiger partial charge < -0.3 is 38.7 Å². The van der Waals surface area contributed by atoms with Crippen molar-refractivity contribution in [2.24, 2.45) is 0 Å². The summed E-state index contributed by atoms with van der Waals surface area (Å²) >= 11 is 0. The summed E-state index contributed by atoms with van der Waals surface area (Å²) in [6.45, 7) is 11.8. The largest absolute Gasteiger partial charge is 0.493 e. The van der Waals surface area contributed by atoms with Crippen molar-refractivity contribution in [3.63, 3.8) is 0 Å². The highest BCUT2D eigenvalue weighted by Gasteiger charge is 2.35. The first-order valence-electron chi connectivity index (χ1n) is 15.1. The number of furan rings is 1. The second-order valence-corrected chi connectivity index (χ2v) is 16.4. The minimum atomic E-state index is -1.69. The average Bonchev–Trinajstić information content (AvgIpc) is 3.49. The Morgan fingerprint density at radius 2 is 1.77 bits per heavy atom. The lowest BCUT2D eigenvalue weighted by Crippen LogP contribution is -2.47. The number of carbonyl (C=O) groups is 1. The Balaban J connectivity index is 1.28. The molecule has 0 bridgehead atoms. The van der Waals surface area contributed by atoms with Crippen LogP contribution in [-0.4, -0.2) is 89.6 Å². The zero-order valence-electron chi connectivity index (χ0n) is 26.5. The summed E-state index contributed by atoms with van der Waals surface area (Å²) in [5, 5.41) is 7.28. The fourth-order valence-corrected chi connectivity index (χ4v) is 9.15. The topological polar surface area (TPSA) is 129 Å². The predicted molar refractivity (Wildman–Crippen MR) is 170 cm³/mol. The lowest BCUT2D eigenvalue weighted by Gasteiger charge is -2.33. The zero-order chi connectivity index (χ0) is 31.3. The number of aromatic nitrogens is 2. The van der Waals surface area contributed by atoms with E-state index in [4.69, 9.17) is 28.1 Å². The van der Waals surface area contributed by atoms with Crippen LogP contribution in [0.4, 0.5) is 11.6 Å². The molecule has 12 nitrogen and oxygen atoms in total. The summed E-state index contributed by atoms with van der Waals surface area (Å²) in [4.78, 5) is 24.5. The van der Waals surface area contributed by atoms with Crippen LogP contribution >= 0.6 is 0 Å². The van der Waals surface area contributed by atoms with E-state index >= 15 is 0 Å². The number of hydrogen-bond donors (Lipinski definition) is 2. The molecule has 1 aromatic carbocycles. The smallest absolute Gasteiger partial charge is 0.291 e. The van der Waals surface area contributed by atoms with Crippen LogP contribution in [0.15, 0.2) is 22.6 Å². The monoisotopic (exact) mass is 625 g/mol. The Kier molecular flexibility index (Phi) is 9.96. The summed E-state index contributed by atoms with van der Waals surface area (Å²) in [7, 11) is 2.93. The second-order valence-electron chi connectivity index (χ2n) is 11.7. The first-order chi connectivity index (χ1) is 21.2. The van der Waals surface area contributed by atoms with Crippen molar-refractivity contribution in [2.75, 3.05) is 71.4 Å². The number of fused-ring (bicyclic) bond motifs is 1. The van der Waals surface area contributed by atoms with Crippen molar-refractivity contribution in [2.45, 2.75) is 45.3 Å². The highest BCUT2D eigenvalue weighted by molar-refractivity contribution is 6.91. The molecule has 0 radical (unpaired) electrons. The number of ether oxygens (including phenoxy) is 5. The third-order valence-corrected chi connectivity index (χ3v) is 11.7. The Morgan fingerprint density at radius 1 is 1.05 bits per heavy atom. The van der Waals surface area contributed by atoms with Gasteiger partial charge in [0, 0.05) is 25.7 Å². The fourth-order valence-electron chi connectivity index (χ4n) is 5.95. The number of nitrogens with one attached hydrogen (secondary N) is 2. The van der Waals surface area contributed by atoms with E-state index in [1.807, 2.05) is 6.92 Å². The van der Waals surface area contributed by atoms with Crippen LogP contribution < -0.4 is 34.8 Å². The molecule has 2 aromatic heterocycles. The Bertz CT molecular complexity index is 1450. The Labute approximate surface area is 259 Å². The molecule has 13 heteroatoms. The molecule has 4 heterocycles. The van der Waals surface area contributed by atoms with Gasteiger partial charge in [0.15, 0.2) is 22.9 Å². The molecule has 2 aliphatic heterocycles. The van der Waals surface area contributed by atoms with Gasteiger partial charge in [0.1, 0.15) is 0 Å². The van der Waals surface area contributed by atoms with Crippen molar-refractivity contribution in [3.05, 3.63) is 35.1 Å². The van der Waals surface area contributed by atoms with Crippen LogP contribution in [0.3, 0.4) is 0 Å². The van der Waals surface area contributed by atoms with E-state index in [2.05, 4.69) is 44.7 Å². The summed E-state index contributed by atoms with van der Waals surface area (Å²) < 4.78 is 34.3. The minimum absolute atomic E-state index is 0.0405. The number of methoxy groups -OCH3 is 3. The van der Waals surface area contributed by atoms with Gasteiger partial charge in [-0.2, -0.15) is 9.97 Å². The summed E-state index contributed by atoms with van der Waals surface area (Å²) in [5.74, 6) is 1.72. The van der Waals surface area contributed by atoms with Gasteiger partial charge in [-0.15, -0.1) is 0 Å². The third-order valence-electron chi connectivity index (χ3n) is 8.15. The molecule has 3 aromatic rings. The number of aryl methyl sites for hydroxylation is 2. The Morgan fingerprint density at radius 3 is 2.45 bits per heavy atom. The highest BCUT2D eigenvalue weighted by atomic mass is 28.3. The third kappa shape index (κ3) is 6.95. The van der Waals surface area contributed by atoms with Crippen molar-refractivity contribution in [1.29, 1.82) is 0 Å². The molecule has 238 valence electrons. The van der Waals surface area contributed by atoms with Crippen molar-refractivity contribution >= 4 is 30.8 Å². The molecule has 1 fully saturated rings. The molecule has 2 aliphatic rings. The van der Waals surface area contributed by atoms with Crippen LogP contribution in [-0.2, 0) is 11.2 Å². The normalized spacial score (nSPS) is 16.1. The number of anilines is 2. The average molecular weight is 626 g/mol. The minimum Gasteiger partial charge on any atom is -0.493 e. The van der Waals surface area contributed by atoms with Crippen LogP contribution in [0, 0.1) is 6.92 Å². The molecule has 0 spiro atoms. The van der Waals surface area contributed by atoms with E-state index in [0.717, 1.165) is 57.0 Å². The van der Waals surface area contributed by atoms with Crippen LogP contribution in [0.2, 0.25) is 19.1 Å². The van der Waals surface area contributed by atoms with Crippen LogP contribution in [0.1, 0.15) is 34.5 Å². The van der Waals surface area contributed by atoms with E-state index in [1.54, 1.807) is 19.2 Å². The van der Waals surface area contributed by atoms with Gasteiger partial charge in [-0.1, -0.05) is 31.6 Å². The molecular formula is C31H43N5O7Si. The quantitative estimate of drug-likeness (QED) is 0.219. The number of nitrogens with zero attached hydrogens (tertiary/aromatic N) is 3. The van der Waals surface area contributed by atoms with E-state index in [0.29, 0.717) is 18.2 Å². The van der Waals surface area contributed by atoms with E-state index in [9.17, 15) is 4.79 Å². The van der Waals surface area contributed by atoms with Gasteiger partial charge in [0.2, 0.25) is 17.7 Å². The van der Waals surface area contributed by atoms with Gasteiger partial charge in [-0.25, -0.2) is 0 Å². The highest BCUT2D eigenvalue weighted by Crippen LogP contribution is 2.40. The molecule has 2 N–H and O–H groups in total. The molecule has 1 amide bonds. The Hall–Kier alpha value is -3.81. The van der Waals surface area contributed by atoms with Gasteiger partial charge in [-0.05, 0) is 48.7 Å². The molecule has 1 saturated heterocycles. The maximum absolute atomic E-state index is 13.3. The number of rotatable bonds is 12. The molecule has 0 aliphatic carbocycles. The van der Waals surface area contributed by atoms with Crippen molar-refractivity contribution in [3.8, 4) is 29.2 Å². The predicted octanol–water partition coefficient (Wildman–Crippen LogP) is 4.44. The maximum atomic E-state index is 13.3. The van der Waals surface area contributed by atoms with Gasteiger partial charge in [-0.3, -0.25) is 9.69 Å². The molecular weight excluding hydrogens is 582 g/mol. The molecule has 0 unspecified atom stereocenters. The number of amides is 1. The van der Waals surface area contributed by atoms with Gasteiger partial charge in [0.05, 0.1) is 42.6 Å². The molecule has 0 saturated carbocycles. The lowest BCUT2D eigenvalue weighted by molar-refractivity contribution is 0.0378. The van der Waals surface area contributed by atoms with Gasteiger partial charge >= 0.3 is 0 Å². The summed E-state index contributed by atoms with van der Waals surface area (Å²) in [6.07, 6.45) is 3.14. The first kappa shape index (κ1) is 31.6. The number of carbonyl (C=O) groups excluding carboxylic acids is 1. The summed E-state index contributed by atoms with van der Waals surface area (Å²) in [5.41, 5.74) is 2.49. The van der Waals surface area contributed by atoms with E-state index in [-0.39, 0.29) is 29.2 Å². The molecule has 5 rings (SSSR count). The van der Waals surface area contributed by atoms with Crippen molar-refractivity contribution in [1.82, 2.24) is 14.9 Å². The summed E-state index contributed by atoms with van der Waals surface area (Å²) in [6, 6.07) is 6.56. The molecule has 0 atom stereocenters. The maximum Gasteiger partial charge on any atom is 0.291 e. The molecule has 44 heavy (non-hydrogen) atoms.